The fourth-order valence-electron chi connectivity index (χ4n) is 2.76. The van der Waals surface area contributed by atoms with Gasteiger partial charge in [0.25, 0.3) is 0 Å². The molecule has 2 nitrogen and oxygen atoms in total. The summed E-state index contributed by atoms with van der Waals surface area (Å²) in [6.45, 7) is 0. The van der Waals surface area contributed by atoms with E-state index >= 15 is 0 Å². The van der Waals surface area contributed by atoms with Crippen molar-refractivity contribution >= 4 is 29.1 Å². The number of thiazole rings is 1. The number of rotatable bonds is 2. The molecule has 19 heavy (non-hydrogen) atoms. The maximum absolute atomic E-state index is 5.68. The van der Waals surface area contributed by atoms with Gasteiger partial charge in [-0.3, -0.25) is 0 Å². The van der Waals surface area contributed by atoms with Crippen molar-refractivity contribution in [3.8, 4) is 11.3 Å². The lowest BCUT2D eigenvalue weighted by atomic mass is 9.83. The minimum atomic E-state index is 0.605. The quantitative estimate of drug-likeness (QED) is 0.807. The first-order valence-electron chi connectivity index (χ1n) is 6.72. The van der Waals surface area contributed by atoms with E-state index in [0.717, 1.165) is 11.3 Å². The predicted molar refractivity (Wildman–Crippen MR) is 85.9 cm³/mol. The molecule has 2 N–H and O–H groups in total. The molecule has 0 spiro atoms. The van der Waals surface area contributed by atoms with Crippen LogP contribution >= 0.6 is 24.0 Å². The maximum Gasteiger partial charge on any atom is 0.180 e. The van der Waals surface area contributed by atoms with Crippen molar-refractivity contribution in [1.29, 1.82) is 0 Å². The largest absolute Gasteiger partial charge is 0.375 e. The number of benzene rings is 1. The monoisotopic (exact) mass is 290 g/mol. The van der Waals surface area contributed by atoms with Gasteiger partial charge in [0.2, 0.25) is 0 Å². The van der Waals surface area contributed by atoms with E-state index in [4.69, 9.17) is 5.73 Å². The van der Waals surface area contributed by atoms with Crippen LogP contribution in [0.3, 0.4) is 0 Å². The fourth-order valence-corrected chi connectivity index (χ4v) is 3.63. The molecular weight excluding hydrogens is 272 g/mol. The molecule has 1 aliphatic carbocycles. The van der Waals surface area contributed by atoms with Crippen molar-refractivity contribution in [3.63, 3.8) is 0 Å². The molecule has 1 fully saturated rings. The van der Waals surface area contributed by atoms with Crippen LogP contribution in [0.25, 0.3) is 11.3 Å². The summed E-state index contributed by atoms with van der Waals surface area (Å²) < 4.78 is 0. The van der Waals surface area contributed by atoms with Gasteiger partial charge in [-0.1, -0.05) is 24.3 Å². The maximum atomic E-state index is 5.68. The van der Waals surface area contributed by atoms with Gasteiger partial charge in [-0.2, -0.15) is 12.6 Å². The minimum absolute atomic E-state index is 0.605. The zero-order chi connectivity index (χ0) is 13.2. The van der Waals surface area contributed by atoms with E-state index in [-0.39, 0.29) is 0 Å². The topological polar surface area (TPSA) is 38.9 Å². The van der Waals surface area contributed by atoms with E-state index in [9.17, 15) is 0 Å². The summed E-state index contributed by atoms with van der Waals surface area (Å²) in [6, 6.07) is 8.82. The Bertz CT molecular complexity index is 540. The summed E-state index contributed by atoms with van der Waals surface area (Å²) in [7, 11) is 0. The van der Waals surface area contributed by atoms with Gasteiger partial charge in [-0.25, -0.2) is 4.98 Å². The molecule has 3 rings (SSSR count). The van der Waals surface area contributed by atoms with Crippen molar-refractivity contribution in [2.24, 2.45) is 0 Å². The average Bonchev–Trinajstić information content (AvgIpc) is 2.87. The zero-order valence-electron chi connectivity index (χ0n) is 10.7. The Balaban J connectivity index is 1.75. The Morgan fingerprint density at radius 1 is 1.11 bits per heavy atom. The lowest BCUT2D eigenvalue weighted by Gasteiger charge is -2.26. The van der Waals surface area contributed by atoms with Crippen LogP contribution < -0.4 is 5.73 Å². The van der Waals surface area contributed by atoms with Crippen LogP contribution in [0.5, 0.6) is 0 Å². The van der Waals surface area contributed by atoms with Gasteiger partial charge < -0.3 is 5.73 Å². The van der Waals surface area contributed by atoms with E-state index in [1.807, 2.05) is 5.38 Å². The molecule has 1 aliphatic rings. The molecule has 0 aliphatic heterocycles. The zero-order valence-corrected chi connectivity index (χ0v) is 12.5. The fraction of sp³-hybridized carbons (Fsp3) is 0.400. The molecule has 1 aromatic heterocycles. The van der Waals surface area contributed by atoms with Crippen LogP contribution in [-0.4, -0.2) is 10.2 Å². The van der Waals surface area contributed by atoms with E-state index in [1.165, 1.54) is 42.6 Å². The van der Waals surface area contributed by atoms with E-state index in [2.05, 4.69) is 41.9 Å². The van der Waals surface area contributed by atoms with Gasteiger partial charge in [-0.05, 0) is 37.2 Å². The Labute approximate surface area is 123 Å². The van der Waals surface area contributed by atoms with Crippen molar-refractivity contribution in [2.45, 2.75) is 36.9 Å². The van der Waals surface area contributed by atoms with Crippen molar-refractivity contribution in [3.05, 3.63) is 35.2 Å². The number of anilines is 1. The summed E-state index contributed by atoms with van der Waals surface area (Å²) in [5.41, 5.74) is 9.26. The van der Waals surface area contributed by atoms with Gasteiger partial charge in [-0.15, -0.1) is 11.3 Å². The molecular formula is C15H18N2S2. The lowest BCUT2D eigenvalue weighted by Crippen LogP contribution is -2.12. The molecule has 1 aromatic carbocycles. The number of thiol groups is 1. The Kier molecular flexibility index (Phi) is 3.80. The van der Waals surface area contributed by atoms with Crippen molar-refractivity contribution in [1.82, 2.24) is 4.98 Å². The summed E-state index contributed by atoms with van der Waals surface area (Å²) >= 11 is 6.05. The summed E-state index contributed by atoms with van der Waals surface area (Å²) in [5, 5.41) is 3.25. The van der Waals surface area contributed by atoms with Crippen LogP contribution in [0, 0.1) is 0 Å². The van der Waals surface area contributed by atoms with E-state index in [0.29, 0.717) is 16.3 Å². The molecule has 0 atom stereocenters. The average molecular weight is 290 g/mol. The first kappa shape index (κ1) is 13.0. The van der Waals surface area contributed by atoms with Crippen LogP contribution in [0.2, 0.25) is 0 Å². The van der Waals surface area contributed by atoms with Crippen molar-refractivity contribution < 1.29 is 0 Å². The van der Waals surface area contributed by atoms with Crippen LogP contribution in [0.1, 0.15) is 37.2 Å². The molecule has 1 heterocycles. The van der Waals surface area contributed by atoms with Gasteiger partial charge in [0, 0.05) is 16.2 Å². The number of nitrogens with zero attached hydrogens (tertiary/aromatic N) is 1. The summed E-state index contributed by atoms with van der Waals surface area (Å²) in [6.07, 6.45) is 4.99. The molecule has 1 saturated carbocycles. The third kappa shape index (κ3) is 2.95. The molecule has 4 heteroatoms. The van der Waals surface area contributed by atoms with Gasteiger partial charge in [0.1, 0.15) is 0 Å². The number of nitrogens with two attached hydrogens (primary N) is 1. The third-order valence-electron chi connectivity index (χ3n) is 3.90. The number of hydrogen-bond acceptors (Lipinski definition) is 4. The smallest absolute Gasteiger partial charge is 0.180 e. The Morgan fingerprint density at radius 3 is 2.37 bits per heavy atom. The van der Waals surface area contributed by atoms with Crippen LogP contribution in [0.15, 0.2) is 29.6 Å². The normalized spacial score (nSPS) is 23.4. The molecule has 0 bridgehead atoms. The second kappa shape index (κ2) is 5.55. The van der Waals surface area contributed by atoms with Gasteiger partial charge in [0.05, 0.1) is 5.69 Å². The summed E-state index contributed by atoms with van der Waals surface area (Å²) in [5.74, 6) is 0.706. The first-order chi connectivity index (χ1) is 9.22. The van der Waals surface area contributed by atoms with Crippen LogP contribution in [-0.2, 0) is 0 Å². The van der Waals surface area contributed by atoms with Crippen LogP contribution in [0.4, 0.5) is 5.13 Å². The number of hydrogen-bond donors (Lipinski definition) is 2. The van der Waals surface area contributed by atoms with Gasteiger partial charge >= 0.3 is 0 Å². The Hall–Kier alpha value is -1.00. The van der Waals surface area contributed by atoms with E-state index < -0.39 is 0 Å². The second-order valence-corrected chi connectivity index (χ2v) is 6.82. The van der Waals surface area contributed by atoms with Crippen molar-refractivity contribution in [2.75, 3.05) is 5.73 Å². The molecule has 0 unspecified atom stereocenters. The third-order valence-corrected chi connectivity index (χ3v) is 5.09. The molecule has 0 radical (unpaired) electrons. The molecule has 2 aromatic rings. The molecule has 100 valence electrons. The van der Waals surface area contributed by atoms with Gasteiger partial charge in [0.15, 0.2) is 5.13 Å². The predicted octanol–water partition coefficient (Wildman–Crippen LogP) is 4.35. The summed E-state index contributed by atoms with van der Waals surface area (Å²) in [4.78, 5) is 4.32. The Morgan fingerprint density at radius 2 is 1.79 bits per heavy atom. The van der Waals surface area contributed by atoms with E-state index in [1.54, 1.807) is 0 Å². The second-order valence-electron chi connectivity index (χ2n) is 5.20. The highest BCUT2D eigenvalue weighted by molar-refractivity contribution is 7.80. The lowest BCUT2D eigenvalue weighted by molar-refractivity contribution is 0.455. The highest BCUT2D eigenvalue weighted by Gasteiger charge is 2.20. The molecule has 0 amide bonds. The minimum Gasteiger partial charge on any atom is -0.375 e. The molecule has 0 saturated heterocycles. The highest BCUT2D eigenvalue weighted by Crippen LogP contribution is 2.35. The first-order valence-corrected chi connectivity index (χ1v) is 8.11. The SMILES string of the molecule is Nc1nc(-c2ccc(C3CCC(S)CC3)cc2)cs1. The number of nitrogen functional groups attached to an aromatic ring is 1. The number of aromatic nitrogens is 1. The standard InChI is InChI=1S/C15H18N2S2/c16-15-17-14(9-19-15)12-3-1-10(2-4-12)11-5-7-13(18)8-6-11/h1-4,9,11,13,18H,5-8H2,(H2,16,17). The highest BCUT2D eigenvalue weighted by atomic mass is 32.1.